The summed E-state index contributed by atoms with van der Waals surface area (Å²) in [7, 11) is 0. The Morgan fingerprint density at radius 1 is 1.29 bits per heavy atom. The van der Waals surface area contributed by atoms with Gasteiger partial charge in [0.2, 0.25) is 5.91 Å². The van der Waals surface area contributed by atoms with Crippen molar-refractivity contribution in [3.05, 3.63) is 35.4 Å². The summed E-state index contributed by atoms with van der Waals surface area (Å²) in [4.78, 5) is 20.9. The highest BCUT2D eigenvalue weighted by Gasteiger charge is 2.42. The molecule has 1 heterocycles. The van der Waals surface area contributed by atoms with Gasteiger partial charge in [0.15, 0.2) is 0 Å². The highest BCUT2D eigenvalue weighted by Crippen LogP contribution is 2.26. The van der Waals surface area contributed by atoms with Crippen LogP contribution in [0.15, 0.2) is 24.3 Å². The van der Waals surface area contributed by atoms with Crippen LogP contribution in [0.4, 0.5) is 22.0 Å². The second kappa shape index (κ2) is 8.85. The molecule has 0 saturated carbocycles. The van der Waals surface area contributed by atoms with E-state index in [1.807, 2.05) is 39.0 Å². The van der Waals surface area contributed by atoms with Crippen molar-refractivity contribution in [2.45, 2.75) is 50.7 Å². The Bertz CT molecular complexity index is 705. The Hall–Kier alpha value is -2.23. The summed E-state index contributed by atoms with van der Waals surface area (Å²) in [5.74, 6) is -5.89. The van der Waals surface area contributed by atoms with Gasteiger partial charge in [-0.2, -0.15) is 13.2 Å². The molecule has 1 unspecified atom stereocenters. The van der Waals surface area contributed by atoms with Crippen LogP contribution in [0.2, 0.25) is 0 Å². The van der Waals surface area contributed by atoms with E-state index in [1.165, 1.54) is 0 Å². The number of hydrogen-bond acceptors (Lipinski definition) is 3. The summed E-state index contributed by atoms with van der Waals surface area (Å²) >= 11 is 0. The predicted molar refractivity (Wildman–Crippen MR) is 92.3 cm³/mol. The first-order valence-electron chi connectivity index (χ1n) is 8.40. The van der Waals surface area contributed by atoms with E-state index in [4.69, 9.17) is 9.90 Å². The maximum absolute atomic E-state index is 13.1. The van der Waals surface area contributed by atoms with Gasteiger partial charge in [0.05, 0.1) is 12.6 Å². The van der Waals surface area contributed by atoms with Crippen molar-refractivity contribution in [2.75, 3.05) is 13.1 Å². The van der Waals surface area contributed by atoms with Crippen LogP contribution in [-0.2, 0) is 15.0 Å². The molecule has 1 saturated heterocycles. The Balaban J connectivity index is 0.000000480. The number of carbonyl (C=O) groups excluding carboxylic acids is 1. The van der Waals surface area contributed by atoms with E-state index >= 15 is 0 Å². The lowest BCUT2D eigenvalue weighted by molar-refractivity contribution is -0.192. The largest absolute Gasteiger partial charge is 0.490 e. The van der Waals surface area contributed by atoms with Crippen molar-refractivity contribution in [1.82, 2.24) is 10.6 Å². The van der Waals surface area contributed by atoms with Crippen LogP contribution in [0.5, 0.6) is 0 Å². The first-order chi connectivity index (χ1) is 12.6. The van der Waals surface area contributed by atoms with Crippen LogP contribution in [0.1, 0.15) is 31.4 Å². The monoisotopic (exact) mass is 410 g/mol. The molecule has 1 aliphatic heterocycles. The molecule has 10 heteroatoms. The van der Waals surface area contributed by atoms with E-state index < -0.39 is 37.1 Å². The number of aliphatic carboxylic acids is 1. The molecular formula is C18H23F5N2O3. The fourth-order valence-electron chi connectivity index (χ4n) is 2.50. The molecule has 1 fully saturated rings. The maximum Gasteiger partial charge on any atom is 0.490 e. The predicted octanol–water partition coefficient (Wildman–Crippen LogP) is 3.02. The van der Waals surface area contributed by atoms with Crippen LogP contribution in [0.25, 0.3) is 0 Å². The van der Waals surface area contributed by atoms with E-state index in [9.17, 15) is 26.7 Å². The molecule has 1 aromatic rings. The number of hydrogen-bond donors (Lipinski definition) is 3. The molecule has 1 atom stereocenters. The van der Waals surface area contributed by atoms with Gasteiger partial charge >= 0.3 is 12.1 Å². The van der Waals surface area contributed by atoms with Crippen molar-refractivity contribution in [2.24, 2.45) is 0 Å². The first kappa shape index (κ1) is 23.8. The lowest BCUT2D eigenvalue weighted by Crippen LogP contribution is -2.45. The van der Waals surface area contributed by atoms with Crippen molar-refractivity contribution in [3.63, 3.8) is 0 Å². The lowest BCUT2D eigenvalue weighted by atomic mass is 9.84. The summed E-state index contributed by atoms with van der Waals surface area (Å²) < 4.78 is 57.9. The quantitative estimate of drug-likeness (QED) is 0.667. The Labute approximate surface area is 159 Å². The van der Waals surface area contributed by atoms with Gasteiger partial charge in [0.25, 0.3) is 5.92 Å². The van der Waals surface area contributed by atoms with Gasteiger partial charge in [-0.25, -0.2) is 13.6 Å². The number of carboxylic acid groups (broad SMARTS) is 1. The number of rotatable bonds is 4. The van der Waals surface area contributed by atoms with Crippen LogP contribution in [0.3, 0.4) is 0 Å². The molecule has 1 amide bonds. The molecule has 0 aliphatic carbocycles. The number of amides is 1. The second-order valence-electron chi connectivity index (χ2n) is 7.27. The second-order valence-corrected chi connectivity index (χ2v) is 7.27. The Kier molecular flexibility index (Phi) is 7.52. The average Bonchev–Trinajstić information content (AvgIpc) is 2.92. The number of carboxylic acids is 1. The van der Waals surface area contributed by atoms with Crippen LogP contribution in [-0.4, -0.2) is 48.2 Å². The van der Waals surface area contributed by atoms with E-state index in [2.05, 4.69) is 16.7 Å². The minimum absolute atomic E-state index is 0.247. The van der Waals surface area contributed by atoms with Gasteiger partial charge in [-0.1, -0.05) is 43.7 Å². The third-order valence-electron chi connectivity index (χ3n) is 4.17. The molecule has 0 radical (unpaired) electrons. The zero-order valence-corrected chi connectivity index (χ0v) is 15.7. The topological polar surface area (TPSA) is 78.4 Å². The molecule has 0 bridgehead atoms. The molecule has 0 spiro atoms. The van der Waals surface area contributed by atoms with E-state index in [0.29, 0.717) is 6.54 Å². The number of nitrogens with one attached hydrogen (secondary N) is 2. The summed E-state index contributed by atoms with van der Waals surface area (Å²) in [6, 6.07) is 7.29. The smallest absolute Gasteiger partial charge is 0.475 e. The molecular weight excluding hydrogens is 387 g/mol. The Morgan fingerprint density at radius 2 is 1.86 bits per heavy atom. The number of benzene rings is 1. The summed E-state index contributed by atoms with van der Waals surface area (Å²) in [5, 5.41) is 12.5. The van der Waals surface area contributed by atoms with Crippen molar-refractivity contribution in [3.8, 4) is 0 Å². The third kappa shape index (κ3) is 7.41. The van der Waals surface area contributed by atoms with Gasteiger partial charge in [0, 0.05) is 18.4 Å². The SMILES string of the molecule is Cc1cccc(C(C)(C)CNC(=O)C2CC(F)(F)CN2)c1.O=C(O)C(F)(F)F. The van der Waals surface area contributed by atoms with Gasteiger partial charge < -0.3 is 10.4 Å². The number of aryl methyl sites for hydroxylation is 1. The molecule has 3 N–H and O–H groups in total. The van der Waals surface area contributed by atoms with Gasteiger partial charge in [0.1, 0.15) is 0 Å². The Morgan fingerprint density at radius 3 is 2.29 bits per heavy atom. The highest BCUT2D eigenvalue weighted by atomic mass is 19.4. The molecule has 5 nitrogen and oxygen atoms in total. The molecule has 1 aliphatic rings. The first-order valence-corrected chi connectivity index (χ1v) is 8.40. The zero-order chi connectivity index (χ0) is 21.8. The van der Waals surface area contributed by atoms with Crippen molar-refractivity contribution < 1.29 is 36.6 Å². The number of halogens is 5. The standard InChI is InChI=1S/C16H22F2N2O.C2HF3O2/c1-11-5-4-6-12(7-11)15(2,3)9-20-14(21)13-8-16(17,18)10-19-13;3-2(4,5)1(6)7/h4-7,13,19H,8-10H2,1-3H3,(H,20,21);(H,6,7). The molecule has 0 aromatic heterocycles. The number of alkyl halides is 5. The summed E-state index contributed by atoms with van der Waals surface area (Å²) in [6.07, 6.45) is -5.51. The molecule has 28 heavy (non-hydrogen) atoms. The average molecular weight is 410 g/mol. The van der Waals surface area contributed by atoms with Crippen molar-refractivity contribution in [1.29, 1.82) is 0 Å². The zero-order valence-electron chi connectivity index (χ0n) is 15.7. The van der Waals surface area contributed by atoms with Crippen LogP contribution >= 0.6 is 0 Å². The normalized spacial score (nSPS) is 18.8. The molecule has 158 valence electrons. The number of carbonyl (C=O) groups is 2. The van der Waals surface area contributed by atoms with E-state index in [1.54, 1.807) is 0 Å². The van der Waals surface area contributed by atoms with Crippen molar-refractivity contribution >= 4 is 11.9 Å². The summed E-state index contributed by atoms with van der Waals surface area (Å²) in [5.41, 5.74) is 2.03. The maximum atomic E-state index is 13.1. The van der Waals surface area contributed by atoms with E-state index in [-0.39, 0.29) is 11.3 Å². The van der Waals surface area contributed by atoms with Gasteiger partial charge in [-0.05, 0) is 12.5 Å². The van der Waals surface area contributed by atoms with Gasteiger partial charge in [-0.15, -0.1) is 0 Å². The summed E-state index contributed by atoms with van der Waals surface area (Å²) in [6.45, 7) is 6.06. The third-order valence-corrected chi connectivity index (χ3v) is 4.17. The van der Waals surface area contributed by atoms with E-state index in [0.717, 1.165) is 11.1 Å². The molecule has 2 rings (SSSR count). The highest BCUT2D eigenvalue weighted by molar-refractivity contribution is 5.82. The minimum Gasteiger partial charge on any atom is -0.475 e. The van der Waals surface area contributed by atoms with Crippen LogP contribution in [0, 0.1) is 6.92 Å². The lowest BCUT2D eigenvalue weighted by Gasteiger charge is -2.26. The van der Waals surface area contributed by atoms with Gasteiger partial charge in [-0.3, -0.25) is 10.1 Å². The molecule has 1 aromatic carbocycles. The fraction of sp³-hybridized carbons (Fsp3) is 0.556. The minimum atomic E-state index is -5.08. The van der Waals surface area contributed by atoms with Crippen LogP contribution < -0.4 is 10.6 Å². The fourth-order valence-corrected chi connectivity index (χ4v) is 2.50.